The van der Waals surface area contributed by atoms with Crippen molar-refractivity contribution >= 4 is 11.7 Å². The Morgan fingerprint density at radius 2 is 2.17 bits per heavy atom. The number of aryl methyl sites for hydroxylation is 2. The highest BCUT2D eigenvalue weighted by atomic mass is 16.4. The van der Waals surface area contributed by atoms with Crippen LogP contribution in [0.2, 0.25) is 0 Å². The van der Waals surface area contributed by atoms with Crippen LogP contribution in [0.1, 0.15) is 24.3 Å². The Kier molecular flexibility index (Phi) is 4.09. The van der Waals surface area contributed by atoms with Gasteiger partial charge in [0.25, 0.3) is 0 Å². The van der Waals surface area contributed by atoms with Gasteiger partial charge in [-0.05, 0) is 44.9 Å². The number of benzene rings is 1. The number of oxazole rings is 1. The van der Waals surface area contributed by atoms with Crippen LogP contribution in [-0.4, -0.2) is 29.3 Å². The fourth-order valence-corrected chi connectivity index (χ4v) is 2.34. The molecule has 1 saturated carbocycles. The maximum Gasteiger partial charge on any atom is 0.319 e. The van der Waals surface area contributed by atoms with Crippen molar-refractivity contribution in [2.24, 2.45) is 5.41 Å². The van der Waals surface area contributed by atoms with Crippen molar-refractivity contribution < 1.29 is 14.3 Å². The first-order chi connectivity index (χ1) is 11.0. The number of nitrogens with one attached hydrogen (secondary N) is 2. The molecule has 3 rings (SSSR count). The maximum atomic E-state index is 12.0. The topological polar surface area (TPSA) is 87.4 Å². The van der Waals surface area contributed by atoms with Gasteiger partial charge in [0.1, 0.15) is 5.76 Å². The van der Waals surface area contributed by atoms with E-state index in [-0.39, 0.29) is 18.1 Å². The lowest BCUT2D eigenvalue weighted by atomic mass is 10.1. The van der Waals surface area contributed by atoms with E-state index in [4.69, 9.17) is 4.42 Å². The standard InChI is InChI=1S/C17H21N3O3/c1-11-12(2)23-15(19-11)13-4-3-5-14(8-13)20-16(22)18-9-17(10-21)6-7-17/h3-5,8,21H,6-7,9-10H2,1-2H3,(H2,18,20,22). The lowest BCUT2D eigenvalue weighted by Crippen LogP contribution is -2.35. The highest BCUT2D eigenvalue weighted by Gasteiger charge is 2.42. The molecule has 3 N–H and O–H groups in total. The van der Waals surface area contributed by atoms with Crippen LogP contribution in [0.3, 0.4) is 0 Å². The average molecular weight is 315 g/mol. The number of urea groups is 1. The minimum Gasteiger partial charge on any atom is -0.441 e. The molecule has 6 heteroatoms. The third-order valence-corrected chi connectivity index (χ3v) is 4.31. The van der Waals surface area contributed by atoms with Crippen molar-refractivity contribution in [3.8, 4) is 11.5 Å². The third-order valence-electron chi connectivity index (χ3n) is 4.31. The molecule has 1 aromatic heterocycles. The van der Waals surface area contributed by atoms with Crippen molar-refractivity contribution in [2.45, 2.75) is 26.7 Å². The highest BCUT2D eigenvalue weighted by molar-refractivity contribution is 5.89. The van der Waals surface area contributed by atoms with Crippen LogP contribution in [0.5, 0.6) is 0 Å². The molecule has 1 aliphatic rings. The number of hydrogen-bond donors (Lipinski definition) is 3. The number of hydrogen-bond acceptors (Lipinski definition) is 4. The summed E-state index contributed by atoms with van der Waals surface area (Å²) in [6.45, 7) is 4.38. The van der Waals surface area contributed by atoms with E-state index in [1.807, 2.05) is 38.1 Å². The van der Waals surface area contributed by atoms with Crippen LogP contribution < -0.4 is 10.6 Å². The minimum absolute atomic E-state index is 0.105. The van der Waals surface area contributed by atoms with Gasteiger partial charge < -0.3 is 20.2 Å². The molecule has 2 aromatic rings. The van der Waals surface area contributed by atoms with E-state index >= 15 is 0 Å². The summed E-state index contributed by atoms with van der Waals surface area (Å²) in [5.41, 5.74) is 2.23. The van der Waals surface area contributed by atoms with Crippen molar-refractivity contribution in [3.63, 3.8) is 0 Å². The first-order valence-corrected chi connectivity index (χ1v) is 7.71. The first-order valence-electron chi connectivity index (χ1n) is 7.71. The summed E-state index contributed by atoms with van der Waals surface area (Å²) in [6, 6.07) is 7.09. The number of aliphatic hydroxyl groups is 1. The summed E-state index contributed by atoms with van der Waals surface area (Å²) in [6.07, 6.45) is 1.92. The molecule has 6 nitrogen and oxygen atoms in total. The van der Waals surface area contributed by atoms with Gasteiger partial charge in [-0.25, -0.2) is 9.78 Å². The Balaban J connectivity index is 1.64. The van der Waals surface area contributed by atoms with E-state index in [0.717, 1.165) is 29.9 Å². The zero-order chi connectivity index (χ0) is 16.4. The second-order valence-corrected chi connectivity index (χ2v) is 6.21. The number of rotatable bonds is 5. The summed E-state index contributed by atoms with van der Waals surface area (Å²) in [7, 11) is 0. The lowest BCUT2D eigenvalue weighted by Gasteiger charge is -2.13. The Bertz CT molecular complexity index is 700. The van der Waals surface area contributed by atoms with Gasteiger partial charge in [0.2, 0.25) is 5.89 Å². The SMILES string of the molecule is Cc1nc(-c2cccc(NC(=O)NCC3(CO)CC3)c2)oc1C. The predicted octanol–water partition coefficient (Wildman–Crippen LogP) is 2.85. The van der Waals surface area contributed by atoms with Gasteiger partial charge in [0.15, 0.2) is 0 Å². The molecule has 2 amide bonds. The summed E-state index contributed by atoms with van der Waals surface area (Å²) < 4.78 is 5.61. The summed E-state index contributed by atoms with van der Waals surface area (Å²) in [5, 5.41) is 14.9. The van der Waals surface area contributed by atoms with E-state index < -0.39 is 0 Å². The van der Waals surface area contributed by atoms with Crippen molar-refractivity contribution in [3.05, 3.63) is 35.7 Å². The van der Waals surface area contributed by atoms with Gasteiger partial charge in [0.05, 0.1) is 12.3 Å². The molecule has 0 spiro atoms. The maximum absolute atomic E-state index is 12.0. The second kappa shape index (κ2) is 6.04. The Labute approximate surface area is 134 Å². The molecule has 0 saturated heterocycles. The molecule has 1 aromatic carbocycles. The molecular formula is C17H21N3O3. The molecule has 1 fully saturated rings. The normalized spacial score (nSPS) is 15.3. The zero-order valence-electron chi connectivity index (χ0n) is 13.3. The van der Waals surface area contributed by atoms with Crippen molar-refractivity contribution in [1.82, 2.24) is 10.3 Å². The second-order valence-electron chi connectivity index (χ2n) is 6.21. The number of carbonyl (C=O) groups excluding carboxylic acids is 1. The van der Waals surface area contributed by atoms with Crippen LogP contribution >= 0.6 is 0 Å². The van der Waals surface area contributed by atoms with Gasteiger partial charge in [-0.3, -0.25) is 0 Å². The third kappa shape index (κ3) is 3.53. The molecule has 0 radical (unpaired) electrons. The van der Waals surface area contributed by atoms with E-state index in [1.165, 1.54) is 0 Å². The van der Waals surface area contributed by atoms with Crippen LogP contribution in [0.15, 0.2) is 28.7 Å². The fourth-order valence-electron chi connectivity index (χ4n) is 2.34. The van der Waals surface area contributed by atoms with Gasteiger partial charge in [-0.15, -0.1) is 0 Å². The quantitative estimate of drug-likeness (QED) is 0.791. The number of anilines is 1. The van der Waals surface area contributed by atoms with E-state index in [1.54, 1.807) is 0 Å². The predicted molar refractivity (Wildman–Crippen MR) is 87.2 cm³/mol. The highest BCUT2D eigenvalue weighted by Crippen LogP contribution is 2.44. The molecule has 0 unspecified atom stereocenters. The molecule has 1 heterocycles. The number of aliphatic hydroxyl groups excluding tert-OH is 1. The van der Waals surface area contributed by atoms with Crippen LogP contribution in [0.25, 0.3) is 11.5 Å². The molecule has 122 valence electrons. The molecule has 0 atom stereocenters. The molecule has 0 aliphatic heterocycles. The minimum atomic E-state index is -0.276. The molecule has 23 heavy (non-hydrogen) atoms. The molecule has 1 aliphatic carbocycles. The van der Waals surface area contributed by atoms with E-state index in [9.17, 15) is 9.90 Å². The van der Waals surface area contributed by atoms with Crippen LogP contribution in [-0.2, 0) is 0 Å². The van der Waals surface area contributed by atoms with Crippen molar-refractivity contribution in [2.75, 3.05) is 18.5 Å². The fraction of sp³-hybridized carbons (Fsp3) is 0.412. The van der Waals surface area contributed by atoms with Gasteiger partial charge >= 0.3 is 6.03 Å². The molecule has 0 bridgehead atoms. The Morgan fingerprint density at radius 1 is 1.39 bits per heavy atom. The van der Waals surface area contributed by atoms with Gasteiger partial charge in [0, 0.05) is 23.2 Å². The summed E-state index contributed by atoms with van der Waals surface area (Å²) in [4.78, 5) is 16.3. The number of carbonyl (C=O) groups is 1. The van der Waals surface area contributed by atoms with E-state index in [0.29, 0.717) is 18.1 Å². The molecular weight excluding hydrogens is 294 g/mol. The summed E-state index contributed by atoms with van der Waals surface area (Å²) >= 11 is 0. The average Bonchev–Trinajstić information content (AvgIpc) is 3.25. The Morgan fingerprint density at radius 3 is 2.78 bits per heavy atom. The Hall–Kier alpha value is -2.34. The van der Waals surface area contributed by atoms with Crippen molar-refractivity contribution in [1.29, 1.82) is 0 Å². The van der Waals surface area contributed by atoms with Crippen LogP contribution in [0, 0.1) is 19.3 Å². The van der Waals surface area contributed by atoms with Gasteiger partial charge in [-0.2, -0.15) is 0 Å². The van der Waals surface area contributed by atoms with E-state index in [2.05, 4.69) is 15.6 Å². The lowest BCUT2D eigenvalue weighted by molar-refractivity contribution is 0.206. The number of amides is 2. The monoisotopic (exact) mass is 315 g/mol. The smallest absolute Gasteiger partial charge is 0.319 e. The summed E-state index contributed by atoms with van der Waals surface area (Å²) in [5.74, 6) is 1.33. The first kappa shape index (κ1) is 15.6. The number of aromatic nitrogens is 1. The zero-order valence-corrected chi connectivity index (χ0v) is 13.3. The van der Waals surface area contributed by atoms with Crippen LogP contribution in [0.4, 0.5) is 10.5 Å². The largest absolute Gasteiger partial charge is 0.441 e. The van der Waals surface area contributed by atoms with Gasteiger partial charge in [-0.1, -0.05) is 6.07 Å². The number of nitrogens with zero attached hydrogens (tertiary/aromatic N) is 1.